The highest BCUT2D eigenvalue weighted by Gasteiger charge is 2.28. The first-order valence-corrected chi connectivity index (χ1v) is 21.8. The van der Waals surface area contributed by atoms with Gasteiger partial charge in [-0.2, -0.15) is 0 Å². The molecule has 0 aliphatic rings. The third-order valence-corrected chi connectivity index (χ3v) is 9.76. The molecule has 0 aliphatic carbocycles. The maximum absolute atomic E-state index is 11.8. The molecule has 0 heterocycles. The van der Waals surface area contributed by atoms with E-state index in [-0.39, 0.29) is 13.2 Å². The second-order valence-electron chi connectivity index (χ2n) is 8.78. The molecule has 0 bridgehead atoms. The molecular weight excluding hydrogens is 778 g/mol. The van der Waals surface area contributed by atoms with Gasteiger partial charge in [0, 0.05) is 18.4 Å². The first-order valence-electron chi connectivity index (χ1n) is 12.8. The summed E-state index contributed by atoms with van der Waals surface area (Å²) < 4.78 is 119. The molecule has 0 radical (unpaired) electrons. The van der Waals surface area contributed by atoms with Crippen LogP contribution < -0.4 is 0 Å². The summed E-state index contributed by atoms with van der Waals surface area (Å²) in [6, 6.07) is 0. The molecule has 284 valence electrons. The lowest BCUT2D eigenvalue weighted by Crippen LogP contribution is -2.13. The minimum absolute atomic E-state index is 0.297. The fourth-order valence-corrected chi connectivity index (χ4v) is 6.32. The summed E-state index contributed by atoms with van der Waals surface area (Å²) in [4.78, 5) is 64.9. The van der Waals surface area contributed by atoms with E-state index in [0.717, 1.165) is 0 Å². The molecule has 0 spiro atoms. The summed E-state index contributed by atoms with van der Waals surface area (Å²) in [5.74, 6) is -1.18. The Kier molecular flexibility index (Phi) is 22.8. The van der Waals surface area contributed by atoms with Crippen molar-refractivity contribution in [3.05, 3.63) is 0 Å². The average Bonchev–Trinajstić information content (AvgIpc) is 2.94. The normalized spacial score (nSPS) is 20.3. The smallest absolute Gasteiger partial charge is 0.396 e. The van der Waals surface area contributed by atoms with Crippen molar-refractivity contribution in [2.75, 3.05) is 79.3 Å². The highest BCUT2D eigenvalue weighted by Crippen LogP contribution is 2.48. The second-order valence-corrected chi connectivity index (χ2v) is 17.3. The van der Waals surface area contributed by atoms with Crippen LogP contribution >= 0.6 is 46.9 Å². The van der Waals surface area contributed by atoms with Gasteiger partial charge in [-0.05, 0) is 0 Å². The van der Waals surface area contributed by atoms with E-state index in [0.29, 0.717) is 0 Å². The van der Waals surface area contributed by atoms with Crippen molar-refractivity contribution < 1.29 is 117 Å². The first-order chi connectivity index (χ1) is 21.4. The largest absolute Gasteiger partial charge is 0.472 e. The Morgan fingerprint density at radius 3 is 0.830 bits per heavy atom. The molecule has 0 aromatic rings. The van der Waals surface area contributed by atoms with Crippen LogP contribution in [0.1, 0.15) is 13.8 Å². The van der Waals surface area contributed by atoms with Crippen molar-refractivity contribution in [1.82, 2.24) is 0 Å². The van der Waals surface area contributed by atoms with E-state index in [1.54, 1.807) is 0 Å². The van der Waals surface area contributed by atoms with Crippen molar-refractivity contribution in [3.63, 3.8) is 0 Å². The van der Waals surface area contributed by atoms with Crippen LogP contribution in [0.3, 0.4) is 0 Å². The lowest BCUT2D eigenvalue weighted by Gasteiger charge is -2.17. The van der Waals surface area contributed by atoms with E-state index in [9.17, 15) is 51.9 Å². The van der Waals surface area contributed by atoms with Gasteiger partial charge >= 0.3 is 46.9 Å². The summed E-state index contributed by atoms with van der Waals surface area (Å²) in [7, 11) is -28.3. The van der Waals surface area contributed by atoms with E-state index in [1.165, 1.54) is 13.8 Å². The Labute approximate surface area is 268 Å². The molecule has 0 saturated heterocycles. The van der Waals surface area contributed by atoms with Crippen molar-refractivity contribution in [1.29, 1.82) is 0 Å². The zero-order chi connectivity index (χ0) is 36.4. The van der Waals surface area contributed by atoms with Crippen molar-refractivity contribution >= 4 is 46.9 Å². The lowest BCUT2D eigenvalue weighted by molar-refractivity contribution is 0.0731. The van der Waals surface area contributed by atoms with Crippen LogP contribution in [0, 0.1) is 11.8 Å². The quantitative estimate of drug-likeness (QED) is 0.0370. The highest BCUT2D eigenvalue weighted by atomic mass is 31.2. The predicted octanol–water partition coefficient (Wildman–Crippen LogP) is 1.03. The number of phosphoric acid groups is 6. The van der Waals surface area contributed by atoms with Gasteiger partial charge in [-0.15, -0.1) is 0 Å². The molecule has 0 amide bonds. The zero-order valence-electron chi connectivity index (χ0n) is 24.8. The van der Waals surface area contributed by atoms with Crippen LogP contribution in [0.4, 0.5) is 0 Å². The molecule has 0 aliphatic heterocycles. The van der Waals surface area contributed by atoms with Crippen molar-refractivity contribution in [2.24, 2.45) is 11.8 Å². The van der Waals surface area contributed by atoms with Crippen LogP contribution in [-0.2, 0) is 77.2 Å². The molecule has 0 aromatic carbocycles. The van der Waals surface area contributed by atoms with Gasteiger partial charge in [0.15, 0.2) is 0 Å². The maximum Gasteiger partial charge on any atom is 0.472 e. The fourth-order valence-electron chi connectivity index (χ4n) is 2.18. The van der Waals surface area contributed by atoms with Gasteiger partial charge in [-0.3, -0.25) is 49.8 Å². The van der Waals surface area contributed by atoms with E-state index < -0.39 is 125 Å². The van der Waals surface area contributed by atoms with Crippen molar-refractivity contribution in [3.8, 4) is 0 Å². The highest BCUT2D eigenvalue weighted by molar-refractivity contribution is 7.48. The number of hydrogen-bond acceptors (Lipinski definition) is 18. The zero-order valence-corrected chi connectivity index (χ0v) is 30.2. The summed E-state index contributed by atoms with van der Waals surface area (Å²) in [5.41, 5.74) is 0. The van der Waals surface area contributed by atoms with Crippen LogP contribution in [0.2, 0.25) is 0 Å². The van der Waals surface area contributed by atoms with Crippen LogP contribution in [0.15, 0.2) is 0 Å². The van der Waals surface area contributed by atoms with E-state index in [1.807, 2.05) is 0 Å². The molecule has 8 N–H and O–H groups in total. The molecule has 0 fully saturated rings. The molecule has 47 heavy (non-hydrogen) atoms. The summed E-state index contributed by atoms with van der Waals surface area (Å²) >= 11 is 0. The number of rotatable bonds is 30. The molecule has 0 aromatic heterocycles. The molecule has 7 unspecified atom stereocenters. The van der Waals surface area contributed by atoms with E-state index in [4.69, 9.17) is 14.9 Å². The minimum atomic E-state index is -4.82. The van der Waals surface area contributed by atoms with Crippen LogP contribution in [-0.4, -0.2) is 119 Å². The monoisotopic (exact) mass is 818 g/mol. The molecular formula is C16H40O25P6. The molecule has 31 heteroatoms. The number of aliphatic hydroxyl groups is 1. The van der Waals surface area contributed by atoms with Gasteiger partial charge in [-0.1, -0.05) is 13.8 Å². The van der Waals surface area contributed by atoms with Gasteiger partial charge in [0.2, 0.25) is 0 Å². The Morgan fingerprint density at radius 1 is 0.383 bits per heavy atom. The third-order valence-electron chi connectivity index (χ3n) is 4.25. The van der Waals surface area contributed by atoms with Gasteiger partial charge < -0.3 is 39.4 Å². The Morgan fingerprint density at radius 2 is 0.596 bits per heavy atom. The Bertz CT molecular complexity index is 1180. The molecule has 0 rings (SSSR count). The number of hydrogen-bond donors (Lipinski definition) is 8. The molecule has 25 nitrogen and oxygen atoms in total. The van der Waals surface area contributed by atoms with Crippen LogP contribution in [0.5, 0.6) is 0 Å². The fraction of sp³-hybridized carbons (Fsp3) is 1.00. The summed E-state index contributed by atoms with van der Waals surface area (Å²) in [6.45, 7) is -4.77. The summed E-state index contributed by atoms with van der Waals surface area (Å²) in [5, 5.41) is 8.85. The standard InChI is InChI=1S/C16H40O25P6/c1-15(11-17)12-40-46(27,28)37-9-7-35-44(23,24)33-5-3-31-43(21,22)32-4-6-34-45(25,26)36-8-10-38-47(29,30)41-14-16(2)13-39-42(18,19)20/h15-17H,3-14H2,1-2H3,(H,21,22)(H,23,24)(H,25,26)(H,27,28)(H,29,30)(H2,18,19,20). The van der Waals surface area contributed by atoms with Gasteiger partial charge in [0.25, 0.3) is 0 Å². The van der Waals surface area contributed by atoms with Gasteiger partial charge in [-0.25, -0.2) is 27.4 Å². The minimum Gasteiger partial charge on any atom is -0.396 e. The average molecular weight is 818 g/mol. The maximum atomic E-state index is 11.8. The van der Waals surface area contributed by atoms with E-state index in [2.05, 4.69) is 49.8 Å². The Balaban J connectivity index is 4.16. The second kappa shape index (κ2) is 22.5. The third kappa shape index (κ3) is 29.0. The van der Waals surface area contributed by atoms with Gasteiger partial charge in [0.1, 0.15) is 0 Å². The van der Waals surface area contributed by atoms with E-state index >= 15 is 0 Å². The number of phosphoric ester groups is 6. The predicted molar refractivity (Wildman–Crippen MR) is 152 cm³/mol. The summed E-state index contributed by atoms with van der Waals surface area (Å²) in [6.07, 6.45) is 0. The van der Waals surface area contributed by atoms with Gasteiger partial charge in [0.05, 0.1) is 72.7 Å². The molecule has 7 atom stereocenters. The topological polar surface area (TPSA) is 366 Å². The molecule has 0 saturated carbocycles. The SMILES string of the molecule is CC(CO)COP(=O)(O)OCCOP(=O)(O)OCCOP(=O)(O)OCCOP(=O)(O)OCCOP(=O)(O)OCC(C)COP(=O)(O)O. The number of aliphatic hydroxyl groups excluding tert-OH is 1. The first kappa shape index (κ1) is 47.6. The Hall–Kier alpha value is 0.620. The van der Waals surface area contributed by atoms with Crippen molar-refractivity contribution in [2.45, 2.75) is 13.8 Å². The lowest BCUT2D eigenvalue weighted by atomic mass is 10.2. The van der Waals surface area contributed by atoms with Crippen LogP contribution in [0.25, 0.3) is 0 Å².